The number of benzene rings is 1. The zero-order valence-electron chi connectivity index (χ0n) is 8.98. The van der Waals surface area contributed by atoms with Gasteiger partial charge in [0.1, 0.15) is 5.76 Å². The first-order chi connectivity index (χ1) is 8.20. The van der Waals surface area contributed by atoms with E-state index < -0.39 is 0 Å². The number of hydrogen-bond acceptors (Lipinski definition) is 3. The fourth-order valence-electron chi connectivity index (χ4n) is 1.30. The van der Waals surface area contributed by atoms with Crippen molar-refractivity contribution in [3.05, 3.63) is 44.3 Å². The van der Waals surface area contributed by atoms with Crippen molar-refractivity contribution in [1.82, 2.24) is 0 Å². The highest BCUT2D eigenvalue weighted by molar-refractivity contribution is 14.1. The highest BCUT2D eigenvalue weighted by Crippen LogP contribution is 2.28. The van der Waals surface area contributed by atoms with Gasteiger partial charge in [0.05, 0.1) is 16.4 Å². The van der Waals surface area contributed by atoms with Crippen molar-refractivity contribution < 1.29 is 4.42 Å². The van der Waals surface area contributed by atoms with Gasteiger partial charge < -0.3 is 4.42 Å². The Balaban J connectivity index is 2.25. The van der Waals surface area contributed by atoms with Crippen LogP contribution in [0.1, 0.15) is 5.76 Å². The lowest BCUT2D eigenvalue weighted by Crippen LogP contribution is -1.76. The molecule has 0 amide bonds. The molecule has 0 N–H and O–H groups in total. The Morgan fingerprint density at radius 2 is 2.18 bits per heavy atom. The van der Waals surface area contributed by atoms with Crippen LogP contribution in [-0.4, -0.2) is 12.5 Å². The molecule has 0 spiro atoms. The molecule has 0 bridgehead atoms. The van der Waals surface area contributed by atoms with Gasteiger partial charge in [0.2, 0.25) is 0 Å². The summed E-state index contributed by atoms with van der Waals surface area (Å²) in [6.45, 7) is 0. The summed E-state index contributed by atoms with van der Waals surface area (Å²) >= 11 is 7.22. The summed E-state index contributed by atoms with van der Waals surface area (Å²) in [5.41, 5.74) is 0.961. The van der Waals surface area contributed by atoms with Crippen LogP contribution >= 0.6 is 50.3 Å². The molecule has 0 aliphatic heterocycles. The largest absolute Gasteiger partial charge is 0.448 e. The highest BCUT2D eigenvalue weighted by Gasteiger charge is 2.04. The molecule has 88 valence electrons. The average molecular weight is 422 g/mol. The minimum Gasteiger partial charge on any atom is -0.448 e. The maximum atomic E-state index is 5.49. The predicted molar refractivity (Wildman–Crippen MR) is 84.6 cm³/mol. The van der Waals surface area contributed by atoms with E-state index in [2.05, 4.69) is 49.6 Å². The Morgan fingerprint density at radius 1 is 1.41 bits per heavy atom. The maximum Gasteiger partial charge on any atom is 0.178 e. The molecular weight excluding hydrogens is 413 g/mol. The van der Waals surface area contributed by atoms with Gasteiger partial charge in [0.15, 0.2) is 3.77 Å². The van der Waals surface area contributed by atoms with E-state index in [1.54, 1.807) is 18.0 Å². The highest BCUT2D eigenvalue weighted by atomic mass is 127. The quantitative estimate of drug-likeness (QED) is 0.390. The molecule has 0 aliphatic carbocycles. The van der Waals surface area contributed by atoms with E-state index >= 15 is 0 Å². The Kier molecular flexibility index (Phi) is 4.69. The number of halogens is 2. The number of aliphatic imine (C=N–C) groups is 1. The van der Waals surface area contributed by atoms with E-state index in [0.29, 0.717) is 0 Å². The minimum absolute atomic E-state index is 0.747. The molecule has 0 saturated carbocycles. The van der Waals surface area contributed by atoms with Crippen molar-refractivity contribution >= 4 is 62.2 Å². The lowest BCUT2D eigenvalue weighted by Gasteiger charge is -1.99. The number of nitrogens with zero attached hydrogens (tertiary/aromatic N) is 1. The normalized spacial score (nSPS) is 11.2. The molecule has 0 aliphatic rings. The third kappa shape index (κ3) is 3.35. The summed E-state index contributed by atoms with van der Waals surface area (Å²) in [5.74, 6) is 0.747. The minimum atomic E-state index is 0.747. The van der Waals surface area contributed by atoms with Crippen LogP contribution in [0, 0.1) is 3.77 Å². The van der Waals surface area contributed by atoms with Crippen LogP contribution in [0.5, 0.6) is 0 Å². The van der Waals surface area contributed by atoms with Crippen LogP contribution in [0.2, 0.25) is 0 Å². The van der Waals surface area contributed by atoms with E-state index in [9.17, 15) is 0 Å². The van der Waals surface area contributed by atoms with Gasteiger partial charge in [-0.2, -0.15) is 0 Å². The van der Waals surface area contributed by atoms with Gasteiger partial charge in [-0.25, -0.2) is 0 Å². The van der Waals surface area contributed by atoms with Crippen molar-refractivity contribution in [2.24, 2.45) is 4.99 Å². The van der Waals surface area contributed by atoms with Gasteiger partial charge in [-0.1, -0.05) is 12.1 Å². The SMILES string of the molecule is CSc1ccccc1N=Cc1cc(Br)c(I)o1. The molecule has 0 saturated heterocycles. The zero-order chi connectivity index (χ0) is 12.3. The molecule has 0 unspecified atom stereocenters. The molecule has 1 aromatic heterocycles. The van der Waals surface area contributed by atoms with Crippen molar-refractivity contribution in [3.8, 4) is 0 Å². The number of furan rings is 1. The molecule has 2 rings (SSSR count). The predicted octanol–water partition coefficient (Wildman–Crippen LogP) is 5.12. The zero-order valence-corrected chi connectivity index (χ0v) is 13.5. The summed E-state index contributed by atoms with van der Waals surface area (Å²) in [5, 5.41) is 0. The van der Waals surface area contributed by atoms with Crippen molar-refractivity contribution in [2.45, 2.75) is 4.90 Å². The molecule has 0 fully saturated rings. The standard InChI is InChI=1S/C12H9BrINOS/c1-17-11-5-3-2-4-10(11)15-7-8-6-9(13)12(14)16-8/h2-7H,1H3. The summed E-state index contributed by atoms with van der Waals surface area (Å²) in [4.78, 5) is 5.59. The molecule has 1 aromatic carbocycles. The molecular formula is C12H9BrINOS. The lowest BCUT2D eigenvalue weighted by molar-refractivity contribution is 0.530. The van der Waals surface area contributed by atoms with E-state index in [-0.39, 0.29) is 0 Å². The first-order valence-corrected chi connectivity index (χ1v) is 7.92. The molecule has 0 atom stereocenters. The van der Waals surface area contributed by atoms with Gasteiger partial charge in [0.25, 0.3) is 0 Å². The molecule has 5 heteroatoms. The van der Waals surface area contributed by atoms with E-state index in [0.717, 1.165) is 24.6 Å². The van der Waals surface area contributed by atoms with E-state index in [1.807, 2.05) is 30.5 Å². The average Bonchev–Trinajstić information content (AvgIpc) is 2.66. The molecule has 0 radical (unpaired) electrons. The van der Waals surface area contributed by atoms with Crippen molar-refractivity contribution in [1.29, 1.82) is 0 Å². The number of para-hydroxylation sites is 1. The Labute approximate surface area is 126 Å². The topological polar surface area (TPSA) is 25.5 Å². The summed E-state index contributed by atoms with van der Waals surface area (Å²) in [6, 6.07) is 9.95. The summed E-state index contributed by atoms with van der Waals surface area (Å²) < 4.78 is 7.28. The fraction of sp³-hybridized carbons (Fsp3) is 0.0833. The summed E-state index contributed by atoms with van der Waals surface area (Å²) in [6.07, 6.45) is 3.78. The third-order valence-electron chi connectivity index (χ3n) is 2.08. The number of thioether (sulfide) groups is 1. The molecule has 17 heavy (non-hydrogen) atoms. The number of hydrogen-bond donors (Lipinski definition) is 0. The van der Waals surface area contributed by atoms with Gasteiger partial charge in [-0.15, -0.1) is 11.8 Å². The smallest absolute Gasteiger partial charge is 0.178 e. The van der Waals surface area contributed by atoms with Crippen molar-refractivity contribution in [3.63, 3.8) is 0 Å². The van der Waals surface area contributed by atoms with Crippen LogP contribution in [-0.2, 0) is 0 Å². The van der Waals surface area contributed by atoms with Crippen LogP contribution in [0.25, 0.3) is 0 Å². The monoisotopic (exact) mass is 421 g/mol. The second-order valence-corrected chi connectivity index (χ2v) is 5.88. The van der Waals surface area contributed by atoms with Gasteiger partial charge in [0, 0.05) is 33.6 Å². The molecule has 2 aromatic rings. The Hall–Kier alpha value is -0.270. The van der Waals surface area contributed by atoms with Gasteiger partial charge >= 0.3 is 0 Å². The third-order valence-corrected chi connectivity index (χ3v) is 5.00. The fourth-order valence-corrected chi connectivity index (χ4v) is 2.56. The second-order valence-electron chi connectivity index (χ2n) is 3.20. The van der Waals surface area contributed by atoms with Crippen LogP contribution in [0.3, 0.4) is 0 Å². The maximum absolute atomic E-state index is 5.49. The van der Waals surface area contributed by atoms with Crippen LogP contribution < -0.4 is 0 Å². The Bertz CT molecular complexity index is 534. The lowest BCUT2D eigenvalue weighted by atomic mass is 10.3. The first kappa shape index (κ1) is 13.2. The summed E-state index contributed by atoms with van der Waals surface area (Å²) in [7, 11) is 0. The first-order valence-electron chi connectivity index (χ1n) is 4.82. The van der Waals surface area contributed by atoms with E-state index in [4.69, 9.17) is 4.42 Å². The van der Waals surface area contributed by atoms with Crippen LogP contribution in [0.4, 0.5) is 5.69 Å². The molecule has 1 heterocycles. The van der Waals surface area contributed by atoms with Gasteiger partial charge in [-0.05, 0) is 34.3 Å². The van der Waals surface area contributed by atoms with Crippen molar-refractivity contribution in [2.75, 3.05) is 6.26 Å². The van der Waals surface area contributed by atoms with Crippen LogP contribution in [0.15, 0.2) is 49.1 Å². The second kappa shape index (κ2) is 6.06. The number of rotatable bonds is 3. The molecule has 2 nitrogen and oxygen atoms in total. The van der Waals surface area contributed by atoms with Gasteiger partial charge in [-0.3, -0.25) is 4.99 Å². The van der Waals surface area contributed by atoms with E-state index in [1.165, 1.54) is 0 Å². The Morgan fingerprint density at radius 3 is 2.82 bits per heavy atom.